The predicted octanol–water partition coefficient (Wildman–Crippen LogP) is 3.19. The number of aliphatic hydroxyl groups excluding tert-OH is 1. The number of hydrogen-bond donors (Lipinski definition) is 1. The van der Waals surface area contributed by atoms with Gasteiger partial charge in [-0.15, -0.1) is 0 Å². The smallest absolute Gasteiger partial charge is 0.119 e. The van der Waals surface area contributed by atoms with E-state index in [0.29, 0.717) is 6.04 Å². The quantitative estimate of drug-likeness (QED) is 0.921. The van der Waals surface area contributed by atoms with E-state index in [-0.39, 0.29) is 6.61 Å². The maximum Gasteiger partial charge on any atom is 0.119 e. The average molecular weight is 328 g/mol. The number of halogens is 1. The van der Waals surface area contributed by atoms with Gasteiger partial charge in [-0.2, -0.15) is 0 Å². The molecule has 1 fully saturated rings. The molecule has 2 rings (SSSR count). The van der Waals surface area contributed by atoms with Crippen molar-refractivity contribution in [2.45, 2.75) is 38.3 Å². The molecule has 1 aliphatic rings. The third-order valence-electron chi connectivity index (χ3n) is 3.84. The molecule has 106 valence electrons. The minimum absolute atomic E-state index is 0.252. The van der Waals surface area contributed by atoms with Crippen LogP contribution in [0.3, 0.4) is 0 Å². The van der Waals surface area contributed by atoms with Crippen LogP contribution in [0.1, 0.15) is 31.2 Å². The van der Waals surface area contributed by atoms with Crippen LogP contribution in [0.2, 0.25) is 0 Å². The van der Waals surface area contributed by atoms with Gasteiger partial charge in [-0.1, -0.05) is 28.8 Å². The van der Waals surface area contributed by atoms with Gasteiger partial charge in [0.25, 0.3) is 0 Å². The molecule has 0 spiro atoms. The second kappa shape index (κ2) is 7.27. The monoisotopic (exact) mass is 327 g/mol. The maximum absolute atomic E-state index is 9.56. The van der Waals surface area contributed by atoms with Crippen LogP contribution in [0.5, 0.6) is 5.75 Å². The number of hydrogen-bond acceptors (Lipinski definition) is 3. The first-order chi connectivity index (χ1) is 9.24. The van der Waals surface area contributed by atoms with Gasteiger partial charge in [0.2, 0.25) is 0 Å². The fourth-order valence-electron chi connectivity index (χ4n) is 2.67. The van der Waals surface area contributed by atoms with Gasteiger partial charge >= 0.3 is 0 Å². The first kappa shape index (κ1) is 14.8. The Labute approximate surface area is 123 Å². The van der Waals surface area contributed by atoms with Crippen LogP contribution in [0.15, 0.2) is 22.7 Å². The standard InChI is InChI=1S/C15H22BrNO2/c1-19-14-6-7-15(16)12(9-14)10-17-8-4-2-3-5-13(17)11-18/h6-7,9,13,18H,2-5,8,10-11H2,1H3. The summed E-state index contributed by atoms with van der Waals surface area (Å²) in [5.41, 5.74) is 1.22. The SMILES string of the molecule is COc1ccc(Br)c(CN2CCCCCC2CO)c1. The Bertz CT molecular complexity index is 411. The van der Waals surface area contributed by atoms with E-state index in [0.717, 1.165) is 29.7 Å². The van der Waals surface area contributed by atoms with E-state index in [4.69, 9.17) is 4.74 Å². The molecule has 0 radical (unpaired) electrons. The Balaban J connectivity index is 2.13. The van der Waals surface area contributed by atoms with Gasteiger partial charge in [-0.3, -0.25) is 4.90 Å². The lowest BCUT2D eigenvalue weighted by molar-refractivity contribution is 0.118. The number of rotatable bonds is 4. The van der Waals surface area contributed by atoms with Crippen molar-refractivity contribution in [1.82, 2.24) is 4.90 Å². The van der Waals surface area contributed by atoms with E-state index < -0.39 is 0 Å². The van der Waals surface area contributed by atoms with Gasteiger partial charge in [0.15, 0.2) is 0 Å². The molecule has 1 unspecified atom stereocenters. The summed E-state index contributed by atoms with van der Waals surface area (Å²) in [5, 5.41) is 9.56. The van der Waals surface area contributed by atoms with Gasteiger partial charge in [0.05, 0.1) is 13.7 Å². The van der Waals surface area contributed by atoms with E-state index in [2.05, 4.69) is 26.9 Å². The van der Waals surface area contributed by atoms with E-state index in [1.165, 1.54) is 24.8 Å². The Morgan fingerprint density at radius 3 is 2.95 bits per heavy atom. The molecule has 1 atom stereocenters. The molecule has 0 saturated carbocycles. The molecule has 0 bridgehead atoms. The van der Waals surface area contributed by atoms with Crippen molar-refractivity contribution in [3.8, 4) is 5.75 Å². The maximum atomic E-state index is 9.56. The fourth-order valence-corrected chi connectivity index (χ4v) is 3.04. The number of ether oxygens (including phenoxy) is 1. The highest BCUT2D eigenvalue weighted by molar-refractivity contribution is 9.10. The molecule has 1 saturated heterocycles. The van der Waals surface area contributed by atoms with Crippen LogP contribution in [-0.4, -0.2) is 36.3 Å². The zero-order chi connectivity index (χ0) is 13.7. The van der Waals surface area contributed by atoms with E-state index in [1.54, 1.807) is 7.11 Å². The number of nitrogens with zero attached hydrogens (tertiary/aromatic N) is 1. The molecule has 0 aliphatic carbocycles. The van der Waals surface area contributed by atoms with Crippen molar-refractivity contribution in [2.24, 2.45) is 0 Å². The molecule has 1 aromatic carbocycles. The number of benzene rings is 1. The summed E-state index contributed by atoms with van der Waals surface area (Å²) in [6.45, 7) is 2.18. The van der Waals surface area contributed by atoms with Crippen LogP contribution >= 0.6 is 15.9 Å². The summed E-state index contributed by atoms with van der Waals surface area (Å²) in [7, 11) is 1.69. The number of aliphatic hydroxyl groups is 1. The second-order valence-corrected chi connectivity index (χ2v) is 5.97. The van der Waals surface area contributed by atoms with Gasteiger partial charge in [-0.05, 0) is 43.1 Å². The third-order valence-corrected chi connectivity index (χ3v) is 4.61. The Kier molecular flexibility index (Phi) is 5.67. The van der Waals surface area contributed by atoms with Crippen molar-refractivity contribution in [1.29, 1.82) is 0 Å². The molecule has 1 heterocycles. The zero-order valence-electron chi connectivity index (χ0n) is 11.4. The summed E-state index contributed by atoms with van der Waals surface area (Å²) < 4.78 is 6.39. The molecule has 0 amide bonds. The molecule has 19 heavy (non-hydrogen) atoms. The minimum Gasteiger partial charge on any atom is -0.497 e. The summed E-state index contributed by atoms with van der Waals surface area (Å²) in [6, 6.07) is 6.35. The summed E-state index contributed by atoms with van der Waals surface area (Å²) in [5.74, 6) is 0.883. The van der Waals surface area contributed by atoms with E-state index in [9.17, 15) is 5.11 Å². The minimum atomic E-state index is 0.252. The first-order valence-corrected chi connectivity index (χ1v) is 7.71. The predicted molar refractivity (Wildman–Crippen MR) is 80.4 cm³/mol. The van der Waals surface area contributed by atoms with Crippen LogP contribution < -0.4 is 4.74 Å². The average Bonchev–Trinajstić information content (AvgIpc) is 2.66. The zero-order valence-corrected chi connectivity index (χ0v) is 13.0. The molecule has 4 heteroatoms. The highest BCUT2D eigenvalue weighted by atomic mass is 79.9. The summed E-state index contributed by atoms with van der Waals surface area (Å²) >= 11 is 3.60. The topological polar surface area (TPSA) is 32.7 Å². The Hall–Kier alpha value is -0.580. The van der Waals surface area contributed by atoms with Crippen molar-refractivity contribution >= 4 is 15.9 Å². The van der Waals surface area contributed by atoms with Crippen LogP contribution in [0.4, 0.5) is 0 Å². The lowest BCUT2D eigenvalue weighted by Gasteiger charge is -2.28. The van der Waals surface area contributed by atoms with E-state index in [1.807, 2.05) is 12.1 Å². The first-order valence-electron chi connectivity index (χ1n) is 6.92. The highest BCUT2D eigenvalue weighted by Gasteiger charge is 2.21. The largest absolute Gasteiger partial charge is 0.497 e. The van der Waals surface area contributed by atoms with Crippen molar-refractivity contribution in [3.05, 3.63) is 28.2 Å². The third kappa shape index (κ3) is 3.94. The fraction of sp³-hybridized carbons (Fsp3) is 0.600. The normalized spacial score (nSPS) is 21.1. The second-order valence-electron chi connectivity index (χ2n) is 5.11. The molecule has 1 aliphatic heterocycles. The van der Waals surface area contributed by atoms with Gasteiger partial charge in [-0.25, -0.2) is 0 Å². The van der Waals surface area contributed by atoms with E-state index >= 15 is 0 Å². The molecular weight excluding hydrogens is 306 g/mol. The molecule has 3 nitrogen and oxygen atoms in total. The van der Waals surface area contributed by atoms with Gasteiger partial charge in [0, 0.05) is 17.1 Å². The van der Waals surface area contributed by atoms with Crippen LogP contribution in [0, 0.1) is 0 Å². The van der Waals surface area contributed by atoms with Crippen LogP contribution in [-0.2, 0) is 6.54 Å². The lowest BCUT2D eigenvalue weighted by atomic mass is 10.1. The molecule has 1 aromatic rings. The van der Waals surface area contributed by atoms with Gasteiger partial charge in [0.1, 0.15) is 5.75 Å². The number of likely N-dealkylation sites (tertiary alicyclic amines) is 1. The summed E-state index contributed by atoms with van der Waals surface area (Å²) in [4.78, 5) is 2.40. The van der Waals surface area contributed by atoms with Crippen LogP contribution in [0.25, 0.3) is 0 Å². The molecule has 1 N–H and O–H groups in total. The number of methoxy groups -OCH3 is 1. The summed E-state index contributed by atoms with van der Waals surface area (Å²) in [6.07, 6.45) is 4.81. The highest BCUT2D eigenvalue weighted by Crippen LogP contribution is 2.26. The van der Waals surface area contributed by atoms with Crippen molar-refractivity contribution in [3.63, 3.8) is 0 Å². The molecular formula is C15H22BrNO2. The van der Waals surface area contributed by atoms with Gasteiger partial charge < -0.3 is 9.84 Å². The lowest BCUT2D eigenvalue weighted by Crippen LogP contribution is -2.37. The van der Waals surface area contributed by atoms with Crippen molar-refractivity contribution < 1.29 is 9.84 Å². The Morgan fingerprint density at radius 1 is 1.37 bits per heavy atom. The van der Waals surface area contributed by atoms with Crippen molar-refractivity contribution in [2.75, 3.05) is 20.3 Å². The Morgan fingerprint density at radius 2 is 2.21 bits per heavy atom. The molecule has 0 aromatic heterocycles.